The first-order chi connectivity index (χ1) is 8.20. The van der Waals surface area contributed by atoms with Gasteiger partial charge in [0.15, 0.2) is 0 Å². The number of hydrogen-bond donors (Lipinski definition) is 1. The van der Waals surface area contributed by atoms with Crippen LogP contribution in [0.15, 0.2) is 22.7 Å². The first-order valence-corrected chi connectivity index (χ1v) is 6.81. The van der Waals surface area contributed by atoms with E-state index in [1.54, 1.807) is 0 Å². The summed E-state index contributed by atoms with van der Waals surface area (Å²) >= 11 is 3.48. The van der Waals surface area contributed by atoms with Gasteiger partial charge >= 0.3 is 0 Å². The molecular formula is C13H19BrN2O. The Morgan fingerprint density at radius 1 is 1.53 bits per heavy atom. The molecule has 17 heavy (non-hydrogen) atoms. The van der Waals surface area contributed by atoms with Gasteiger partial charge in [-0.25, -0.2) is 0 Å². The maximum Gasteiger partial charge on any atom is 0.0750 e. The third-order valence-electron chi connectivity index (χ3n) is 3.17. The molecule has 1 fully saturated rings. The monoisotopic (exact) mass is 298 g/mol. The first kappa shape index (κ1) is 12.9. The van der Waals surface area contributed by atoms with Crippen molar-refractivity contribution in [1.29, 1.82) is 0 Å². The van der Waals surface area contributed by atoms with E-state index in [0.717, 1.165) is 17.6 Å². The largest absolute Gasteiger partial charge is 0.376 e. The molecule has 3 nitrogen and oxygen atoms in total. The average Bonchev–Trinajstić information content (AvgIpc) is 2.81. The number of hydrogen-bond acceptors (Lipinski definition) is 3. The molecule has 0 amide bonds. The van der Waals surface area contributed by atoms with E-state index in [0.29, 0.717) is 12.6 Å². The molecule has 2 rings (SSSR count). The molecule has 1 aromatic carbocycles. The van der Waals surface area contributed by atoms with Crippen molar-refractivity contribution in [3.05, 3.63) is 28.2 Å². The molecule has 1 saturated heterocycles. The van der Waals surface area contributed by atoms with Crippen LogP contribution in [0.4, 0.5) is 5.69 Å². The van der Waals surface area contributed by atoms with Gasteiger partial charge in [0.2, 0.25) is 0 Å². The van der Waals surface area contributed by atoms with E-state index in [4.69, 9.17) is 10.5 Å². The van der Waals surface area contributed by atoms with Crippen molar-refractivity contribution in [2.24, 2.45) is 5.73 Å². The third-order valence-corrected chi connectivity index (χ3v) is 3.67. The Kier molecular flexibility index (Phi) is 4.42. The van der Waals surface area contributed by atoms with Crippen molar-refractivity contribution < 1.29 is 4.74 Å². The number of anilines is 1. The third kappa shape index (κ3) is 3.21. The molecule has 0 radical (unpaired) electrons. The van der Waals surface area contributed by atoms with Crippen molar-refractivity contribution in [2.75, 3.05) is 25.1 Å². The number of likely N-dealkylation sites (N-methyl/N-ethyl adjacent to an activating group) is 1. The fourth-order valence-corrected chi connectivity index (χ4v) is 2.69. The normalized spacial score (nSPS) is 19.6. The number of halogens is 1. The molecule has 1 aliphatic rings. The van der Waals surface area contributed by atoms with Gasteiger partial charge < -0.3 is 15.4 Å². The van der Waals surface area contributed by atoms with Gasteiger partial charge in [0.05, 0.1) is 6.10 Å². The van der Waals surface area contributed by atoms with E-state index in [1.807, 2.05) is 0 Å². The number of nitrogens with zero attached hydrogens (tertiary/aromatic N) is 1. The van der Waals surface area contributed by atoms with E-state index < -0.39 is 0 Å². The molecule has 2 N–H and O–H groups in total. The summed E-state index contributed by atoms with van der Waals surface area (Å²) in [6.07, 6.45) is 2.72. The molecule has 0 spiro atoms. The molecule has 4 heteroatoms. The smallest absolute Gasteiger partial charge is 0.0750 e. The molecule has 0 saturated carbocycles. The minimum absolute atomic E-state index is 0.370. The fraction of sp³-hybridized carbons (Fsp3) is 0.538. The highest BCUT2D eigenvalue weighted by Gasteiger charge is 2.18. The zero-order valence-corrected chi connectivity index (χ0v) is 11.7. The standard InChI is InChI=1S/C13H19BrN2O/c1-16(9-12-3-2-6-17-12)13-5-4-11(14)7-10(13)8-15/h4-5,7,12H,2-3,6,8-9,15H2,1H3. The van der Waals surface area contributed by atoms with Gasteiger partial charge in [0.1, 0.15) is 0 Å². The van der Waals surface area contributed by atoms with Crippen LogP contribution in [0.1, 0.15) is 18.4 Å². The van der Waals surface area contributed by atoms with Crippen LogP contribution in [0.5, 0.6) is 0 Å². The summed E-state index contributed by atoms with van der Waals surface area (Å²) in [5.74, 6) is 0. The van der Waals surface area contributed by atoms with Crippen molar-refractivity contribution in [3.63, 3.8) is 0 Å². The van der Waals surface area contributed by atoms with Crippen molar-refractivity contribution in [1.82, 2.24) is 0 Å². The van der Waals surface area contributed by atoms with Crippen LogP contribution in [0, 0.1) is 0 Å². The number of benzene rings is 1. The predicted octanol–water partition coefficient (Wildman–Crippen LogP) is 2.52. The molecular weight excluding hydrogens is 280 g/mol. The van der Waals surface area contributed by atoms with Gasteiger partial charge in [-0.1, -0.05) is 15.9 Å². The molecule has 1 unspecified atom stereocenters. The lowest BCUT2D eigenvalue weighted by atomic mass is 10.1. The Labute approximate surface area is 111 Å². The summed E-state index contributed by atoms with van der Waals surface area (Å²) in [5.41, 5.74) is 8.15. The molecule has 1 atom stereocenters. The van der Waals surface area contributed by atoms with Crippen LogP contribution in [-0.4, -0.2) is 26.3 Å². The highest BCUT2D eigenvalue weighted by Crippen LogP contribution is 2.25. The Morgan fingerprint density at radius 3 is 3.00 bits per heavy atom. The minimum atomic E-state index is 0.370. The Morgan fingerprint density at radius 2 is 2.35 bits per heavy atom. The molecule has 1 aliphatic heterocycles. The molecule has 94 valence electrons. The predicted molar refractivity (Wildman–Crippen MR) is 74.3 cm³/mol. The van der Waals surface area contributed by atoms with Gasteiger partial charge in [-0.3, -0.25) is 0 Å². The number of ether oxygens (including phenoxy) is 1. The summed E-state index contributed by atoms with van der Waals surface area (Å²) in [4.78, 5) is 2.24. The zero-order valence-electron chi connectivity index (χ0n) is 10.2. The highest BCUT2D eigenvalue weighted by atomic mass is 79.9. The maximum absolute atomic E-state index is 5.79. The van der Waals surface area contributed by atoms with E-state index in [9.17, 15) is 0 Å². The summed E-state index contributed by atoms with van der Waals surface area (Å²) in [7, 11) is 2.10. The van der Waals surface area contributed by atoms with Crippen molar-refractivity contribution in [2.45, 2.75) is 25.5 Å². The van der Waals surface area contributed by atoms with Gasteiger partial charge in [0.25, 0.3) is 0 Å². The van der Waals surface area contributed by atoms with E-state index >= 15 is 0 Å². The number of rotatable bonds is 4. The van der Waals surface area contributed by atoms with E-state index in [2.05, 4.69) is 46.1 Å². The lowest BCUT2D eigenvalue weighted by Gasteiger charge is -2.25. The van der Waals surface area contributed by atoms with Crippen LogP contribution in [0.3, 0.4) is 0 Å². The van der Waals surface area contributed by atoms with Crippen LogP contribution < -0.4 is 10.6 Å². The van der Waals surface area contributed by atoms with Crippen LogP contribution in [-0.2, 0) is 11.3 Å². The lowest BCUT2D eigenvalue weighted by Crippen LogP contribution is -2.29. The Bertz CT molecular complexity index is 378. The lowest BCUT2D eigenvalue weighted by molar-refractivity contribution is 0.116. The zero-order chi connectivity index (χ0) is 12.3. The summed E-state index contributed by atoms with van der Waals surface area (Å²) < 4.78 is 6.74. The van der Waals surface area contributed by atoms with Crippen LogP contribution >= 0.6 is 15.9 Å². The van der Waals surface area contributed by atoms with Gasteiger partial charge in [-0.05, 0) is 36.6 Å². The maximum atomic E-state index is 5.79. The van der Waals surface area contributed by atoms with E-state index in [-0.39, 0.29) is 0 Å². The second kappa shape index (κ2) is 5.85. The molecule has 1 aromatic rings. The van der Waals surface area contributed by atoms with Crippen LogP contribution in [0.2, 0.25) is 0 Å². The topological polar surface area (TPSA) is 38.5 Å². The Balaban J connectivity index is 2.09. The highest BCUT2D eigenvalue weighted by molar-refractivity contribution is 9.10. The molecule has 1 heterocycles. The van der Waals surface area contributed by atoms with Gasteiger partial charge in [-0.2, -0.15) is 0 Å². The summed E-state index contributed by atoms with van der Waals surface area (Å²) in [5, 5.41) is 0. The van der Waals surface area contributed by atoms with Crippen molar-refractivity contribution in [3.8, 4) is 0 Å². The molecule has 0 aromatic heterocycles. The SMILES string of the molecule is CN(CC1CCCO1)c1ccc(Br)cc1CN. The second-order valence-electron chi connectivity index (χ2n) is 4.49. The van der Waals surface area contributed by atoms with Crippen molar-refractivity contribution >= 4 is 21.6 Å². The average molecular weight is 299 g/mol. The molecule has 0 aliphatic carbocycles. The second-order valence-corrected chi connectivity index (χ2v) is 5.41. The molecule has 0 bridgehead atoms. The summed E-state index contributed by atoms with van der Waals surface area (Å²) in [6.45, 7) is 2.40. The quantitative estimate of drug-likeness (QED) is 0.928. The van der Waals surface area contributed by atoms with Crippen LogP contribution in [0.25, 0.3) is 0 Å². The first-order valence-electron chi connectivity index (χ1n) is 6.02. The Hall–Kier alpha value is -0.580. The van der Waals surface area contributed by atoms with Gasteiger partial charge in [0, 0.05) is 36.9 Å². The summed E-state index contributed by atoms with van der Waals surface area (Å²) in [6, 6.07) is 6.25. The number of nitrogens with two attached hydrogens (primary N) is 1. The van der Waals surface area contributed by atoms with E-state index in [1.165, 1.54) is 24.1 Å². The fourth-order valence-electron chi connectivity index (χ4n) is 2.28. The minimum Gasteiger partial charge on any atom is -0.376 e. The van der Waals surface area contributed by atoms with Gasteiger partial charge in [-0.15, -0.1) is 0 Å².